The molecule has 0 atom stereocenters. The van der Waals surface area contributed by atoms with Gasteiger partial charge >= 0.3 is 0 Å². The molecule has 0 aliphatic carbocycles. The van der Waals surface area contributed by atoms with Crippen molar-refractivity contribution in [2.24, 2.45) is 0 Å². The standard InChI is InChI=1S/C15H25N5O/c1-11-12(2)18-19(6-7-21)14(11)16-8-13-9-17-20(10-13)15(3,4)5/h9-10,16,21H,6-8H2,1-5H3. The number of nitrogens with one attached hydrogen (secondary N) is 1. The molecule has 0 unspecified atom stereocenters. The SMILES string of the molecule is Cc1nn(CCO)c(NCc2cnn(C(C)(C)C)c2)c1C. The highest BCUT2D eigenvalue weighted by Gasteiger charge is 2.15. The van der Waals surface area contributed by atoms with Crippen molar-refractivity contribution in [3.8, 4) is 0 Å². The first-order valence-corrected chi connectivity index (χ1v) is 7.25. The molecule has 116 valence electrons. The van der Waals surface area contributed by atoms with Gasteiger partial charge in [0.2, 0.25) is 0 Å². The second kappa shape index (κ2) is 5.89. The Morgan fingerprint density at radius 3 is 2.57 bits per heavy atom. The molecule has 2 heterocycles. The van der Waals surface area contributed by atoms with E-state index in [9.17, 15) is 0 Å². The van der Waals surface area contributed by atoms with E-state index in [0.29, 0.717) is 13.1 Å². The van der Waals surface area contributed by atoms with Crippen LogP contribution in [0.4, 0.5) is 5.82 Å². The van der Waals surface area contributed by atoms with Crippen LogP contribution in [0.1, 0.15) is 37.6 Å². The highest BCUT2D eigenvalue weighted by atomic mass is 16.3. The third-order valence-corrected chi connectivity index (χ3v) is 3.52. The third-order valence-electron chi connectivity index (χ3n) is 3.52. The fourth-order valence-corrected chi connectivity index (χ4v) is 2.16. The van der Waals surface area contributed by atoms with Crippen molar-refractivity contribution in [1.29, 1.82) is 0 Å². The molecule has 0 aromatic carbocycles. The Bertz CT molecular complexity index is 606. The summed E-state index contributed by atoms with van der Waals surface area (Å²) in [5, 5.41) is 21.4. The maximum absolute atomic E-state index is 9.12. The van der Waals surface area contributed by atoms with E-state index in [2.05, 4.69) is 42.5 Å². The van der Waals surface area contributed by atoms with Gasteiger partial charge in [0.15, 0.2) is 0 Å². The van der Waals surface area contributed by atoms with E-state index >= 15 is 0 Å². The molecular formula is C15H25N5O. The minimum absolute atomic E-state index is 0.0105. The van der Waals surface area contributed by atoms with Crippen molar-refractivity contribution < 1.29 is 5.11 Å². The lowest BCUT2D eigenvalue weighted by atomic mass is 10.1. The molecule has 0 saturated carbocycles. The average Bonchev–Trinajstić information content (AvgIpc) is 2.95. The molecule has 0 aliphatic rings. The Labute approximate surface area is 125 Å². The number of hydrogen-bond acceptors (Lipinski definition) is 4. The van der Waals surface area contributed by atoms with Crippen molar-refractivity contribution >= 4 is 5.82 Å². The number of aromatic nitrogens is 4. The van der Waals surface area contributed by atoms with Crippen LogP contribution >= 0.6 is 0 Å². The largest absolute Gasteiger partial charge is 0.394 e. The summed E-state index contributed by atoms with van der Waals surface area (Å²) >= 11 is 0. The lowest BCUT2D eigenvalue weighted by molar-refractivity contribution is 0.270. The quantitative estimate of drug-likeness (QED) is 0.885. The van der Waals surface area contributed by atoms with Crippen molar-refractivity contribution in [2.75, 3.05) is 11.9 Å². The molecule has 2 aromatic rings. The maximum atomic E-state index is 9.12. The summed E-state index contributed by atoms with van der Waals surface area (Å²) in [6.07, 6.45) is 3.94. The molecule has 0 fully saturated rings. The fourth-order valence-electron chi connectivity index (χ4n) is 2.16. The number of aryl methyl sites for hydroxylation is 1. The Hall–Kier alpha value is -1.82. The molecule has 0 aliphatic heterocycles. The van der Waals surface area contributed by atoms with Gasteiger partial charge in [0.05, 0.1) is 30.6 Å². The molecule has 0 bridgehead atoms. The molecule has 0 radical (unpaired) electrons. The smallest absolute Gasteiger partial charge is 0.127 e. The number of anilines is 1. The van der Waals surface area contributed by atoms with Crippen LogP contribution in [0.2, 0.25) is 0 Å². The molecule has 21 heavy (non-hydrogen) atoms. The average molecular weight is 291 g/mol. The molecule has 0 amide bonds. The zero-order valence-corrected chi connectivity index (χ0v) is 13.5. The van der Waals surface area contributed by atoms with E-state index in [0.717, 1.165) is 22.6 Å². The zero-order chi connectivity index (χ0) is 15.6. The second-order valence-corrected chi connectivity index (χ2v) is 6.32. The van der Waals surface area contributed by atoms with Crippen LogP contribution < -0.4 is 5.32 Å². The zero-order valence-electron chi connectivity index (χ0n) is 13.5. The van der Waals surface area contributed by atoms with Crippen LogP contribution in [0.3, 0.4) is 0 Å². The van der Waals surface area contributed by atoms with Crippen molar-refractivity contribution in [1.82, 2.24) is 19.6 Å². The summed E-state index contributed by atoms with van der Waals surface area (Å²) in [6, 6.07) is 0. The summed E-state index contributed by atoms with van der Waals surface area (Å²) < 4.78 is 3.78. The van der Waals surface area contributed by atoms with E-state index < -0.39 is 0 Å². The summed E-state index contributed by atoms with van der Waals surface area (Å²) in [4.78, 5) is 0. The Morgan fingerprint density at radius 1 is 1.29 bits per heavy atom. The van der Waals surface area contributed by atoms with Crippen LogP contribution in [-0.2, 0) is 18.6 Å². The third kappa shape index (κ3) is 3.44. The van der Waals surface area contributed by atoms with Gasteiger partial charge in [-0.05, 0) is 34.6 Å². The molecular weight excluding hydrogens is 266 g/mol. The fraction of sp³-hybridized carbons (Fsp3) is 0.600. The predicted octanol–water partition coefficient (Wildman–Crippen LogP) is 2.06. The van der Waals surface area contributed by atoms with Gasteiger partial charge < -0.3 is 10.4 Å². The van der Waals surface area contributed by atoms with Crippen molar-refractivity contribution in [2.45, 2.75) is 53.2 Å². The normalized spacial score (nSPS) is 11.9. The van der Waals surface area contributed by atoms with Gasteiger partial charge in [-0.15, -0.1) is 0 Å². The second-order valence-electron chi connectivity index (χ2n) is 6.32. The monoisotopic (exact) mass is 291 g/mol. The lowest BCUT2D eigenvalue weighted by Crippen LogP contribution is -2.22. The van der Waals surface area contributed by atoms with Crippen LogP contribution in [0.5, 0.6) is 0 Å². The molecule has 2 aromatic heterocycles. The van der Waals surface area contributed by atoms with E-state index in [1.165, 1.54) is 0 Å². The number of aliphatic hydroxyl groups excluding tert-OH is 1. The molecule has 2 N–H and O–H groups in total. The minimum Gasteiger partial charge on any atom is -0.394 e. The van der Waals surface area contributed by atoms with Crippen LogP contribution in [0.15, 0.2) is 12.4 Å². The number of nitrogens with zero attached hydrogens (tertiary/aromatic N) is 4. The van der Waals surface area contributed by atoms with Crippen LogP contribution in [0, 0.1) is 13.8 Å². The lowest BCUT2D eigenvalue weighted by Gasteiger charge is -2.18. The number of rotatable bonds is 5. The highest BCUT2D eigenvalue weighted by Crippen LogP contribution is 2.20. The van der Waals surface area contributed by atoms with E-state index in [1.807, 2.05) is 29.4 Å². The molecule has 2 rings (SSSR count). The molecule has 0 saturated heterocycles. The first-order valence-electron chi connectivity index (χ1n) is 7.25. The van der Waals surface area contributed by atoms with Gasteiger partial charge in [0.25, 0.3) is 0 Å². The van der Waals surface area contributed by atoms with Gasteiger partial charge in [-0.2, -0.15) is 10.2 Å². The van der Waals surface area contributed by atoms with Crippen molar-refractivity contribution in [3.05, 3.63) is 29.2 Å². The Balaban J connectivity index is 2.11. The summed E-state index contributed by atoms with van der Waals surface area (Å²) in [5.74, 6) is 0.963. The van der Waals surface area contributed by atoms with E-state index in [1.54, 1.807) is 0 Å². The van der Waals surface area contributed by atoms with Crippen LogP contribution in [-0.4, -0.2) is 31.3 Å². The number of aliphatic hydroxyl groups is 1. The first kappa shape index (κ1) is 15.6. The Morgan fingerprint density at radius 2 is 2.00 bits per heavy atom. The Kier molecular flexibility index (Phi) is 4.37. The van der Waals surface area contributed by atoms with E-state index in [-0.39, 0.29) is 12.1 Å². The van der Waals surface area contributed by atoms with Gasteiger partial charge in [-0.25, -0.2) is 4.68 Å². The predicted molar refractivity (Wildman–Crippen MR) is 83.3 cm³/mol. The van der Waals surface area contributed by atoms with Gasteiger partial charge in [0, 0.05) is 23.9 Å². The maximum Gasteiger partial charge on any atom is 0.127 e. The van der Waals surface area contributed by atoms with Crippen LogP contribution in [0.25, 0.3) is 0 Å². The van der Waals surface area contributed by atoms with Gasteiger partial charge in [0.1, 0.15) is 5.82 Å². The summed E-state index contributed by atoms with van der Waals surface area (Å²) in [5.41, 5.74) is 3.21. The first-order chi connectivity index (χ1) is 9.82. The molecule has 0 spiro atoms. The number of hydrogen-bond donors (Lipinski definition) is 2. The molecule has 6 heteroatoms. The summed E-state index contributed by atoms with van der Waals surface area (Å²) in [6.45, 7) is 11.7. The van der Waals surface area contributed by atoms with Gasteiger partial charge in [-0.3, -0.25) is 4.68 Å². The van der Waals surface area contributed by atoms with Crippen molar-refractivity contribution in [3.63, 3.8) is 0 Å². The molecule has 6 nitrogen and oxygen atoms in total. The van der Waals surface area contributed by atoms with E-state index in [4.69, 9.17) is 5.11 Å². The topological polar surface area (TPSA) is 67.9 Å². The van der Waals surface area contributed by atoms with Gasteiger partial charge in [-0.1, -0.05) is 0 Å². The minimum atomic E-state index is -0.0105. The highest BCUT2D eigenvalue weighted by molar-refractivity contribution is 5.47. The summed E-state index contributed by atoms with van der Waals surface area (Å²) in [7, 11) is 0.